The predicted molar refractivity (Wildman–Crippen MR) is 60.0 cm³/mol. The maximum absolute atomic E-state index is 10.7. The minimum Gasteiger partial charge on any atom is -0.310 e. The van der Waals surface area contributed by atoms with Gasteiger partial charge in [-0.3, -0.25) is 4.55 Å². The minimum absolute atomic E-state index is 0.802. The van der Waals surface area contributed by atoms with E-state index >= 15 is 0 Å². The molecule has 9 heteroatoms. The minimum atomic E-state index is -5.84. The highest BCUT2D eigenvalue weighted by molar-refractivity contribution is 7.86. The summed E-state index contributed by atoms with van der Waals surface area (Å²) in [7, 11) is -5.84. The third-order valence-corrected chi connectivity index (χ3v) is 2.13. The second-order valence-corrected chi connectivity index (χ2v) is 4.36. The number of rotatable bonds is 3. The zero-order valence-electron chi connectivity index (χ0n) is 9.13. The summed E-state index contributed by atoms with van der Waals surface area (Å²) in [4.78, 5) is 3.89. The molecule has 0 saturated carbocycles. The maximum Gasteiger partial charge on any atom is 0.522 e. The summed E-state index contributed by atoms with van der Waals surface area (Å²) < 4.78 is 59.4. The molecule has 0 aliphatic carbocycles. The van der Waals surface area contributed by atoms with Gasteiger partial charge in [-0.1, -0.05) is 12.7 Å². The number of alkyl halides is 3. The van der Waals surface area contributed by atoms with E-state index in [0.717, 1.165) is 12.1 Å². The van der Waals surface area contributed by atoms with E-state index in [-0.39, 0.29) is 0 Å². The van der Waals surface area contributed by atoms with Crippen molar-refractivity contribution in [1.82, 2.24) is 9.55 Å². The van der Waals surface area contributed by atoms with Crippen molar-refractivity contribution in [3.63, 3.8) is 0 Å². The Bertz CT molecular complexity index is 492. The van der Waals surface area contributed by atoms with Crippen molar-refractivity contribution in [2.45, 2.75) is 11.9 Å². The molecule has 0 aliphatic heterocycles. The van der Waals surface area contributed by atoms with Gasteiger partial charge in [-0.2, -0.15) is 21.6 Å². The molecular weight excluding hydrogens is 273 g/mol. The number of hydrogen-bond acceptors (Lipinski definition) is 3. The molecule has 0 atom stereocenters. The van der Waals surface area contributed by atoms with Crippen LogP contribution in [0, 0.1) is 0 Å². The SMILES string of the molecule is C=CCC(=C)n1ccnc1.O=S(=O)(O)C(F)(F)F. The molecule has 0 bridgehead atoms. The van der Waals surface area contributed by atoms with Crippen LogP contribution in [-0.2, 0) is 10.1 Å². The highest BCUT2D eigenvalue weighted by Crippen LogP contribution is 2.20. The molecular formula is C9H11F3N2O3S. The fraction of sp³-hybridized carbons (Fsp3) is 0.222. The van der Waals surface area contributed by atoms with E-state index in [1.807, 2.05) is 16.8 Å². The summed E-state index contributed by atoms with van der Waals surface area (Å²) in [5, 5.41) is 0. The quantitative estimate of drug-likeness (QED) is 0.525. The number of imidazole rings is 1. The van der Waals surface area contributed by atoms with Crippen molar-refractivity contribution in [3.8, 4) is 0 Å². The van der Waals surface area contributed by atoms with Gasteiger partial charge in [0.25, 0.3) is 0 Å². The van der Waals surface area contributed by atoms with Crippen molar-refractivity contribution in [2.75, 3.05) is 0 Å². The molecule has 0 radical (unpaired) electrons. The Hall–Kier alpha value is -1.61. The van der Waals surface area contributed by atoms with Crippen molar-refractivity contribution in [2.24, 2.45) is 0 Å². The van der Waals surface area contributed by atoms with E-state index in [2.05, 4.69) is 18.1 Å². The molecule has 1 aromatic heterocycles. The van der Waals surface area contributed by atoms with Crippen LogP contribution in [0.25, 0.3) is 5.70 Å². The first-order chi connectivity index (χ1) is 8.09. The molecule has 18 heavy (non-hydrogen) atoms. The molecule has 5 nitrogen and oxygen atoms in total. The lowest BCUT2D eigenvalue weighted by molar-refractivity contribution is -0.0510. The summed E-state index contributed by atoms with van der Waals surface area (Å²) in [5.41, 5.74) is -4.54. The van der Waals surface area contributed by atoms with Gasteiger partial charge in [0.15, 0.2) is 0 Å². The van der Waals surface area contributed by atoms with E-state index in [1.165, 1.54) is 0 Å². The summed E-state index contributed by atoms with van der Waals surface area (Å²) in [6, 6.07) is 0. The summed E-state index contributed by atoms with van der Waals surface area (Å²) in [6.07, 6.45) is 7.95. The van der Waals surface area contributed by atoms with Gasteiger partial charge in [0.2, 0.25) is 0 Å². The van der Waals surface area contributed by atoms with Crippen LogP contribution in [0.2, 0.25) is 0 Å². The third-order valence-electron chi connectivity index (χ3n) is 1.54. The fourth-order valence-corrected chi connectivity index (χ4v) is 0.718. The molecule has 1 heterocycles. The molecule has 1 N–H and O–H groups in total. The van der Waals surface area contributed by atoms with E-state index in [1.54, 1.807) is 12.5 Å². The van der Waals surface area contributed by atoms with E-state index in [9.17, 15) is 13.2 Å². The van der Waals surface area contributed by atoms with Gasteiger partial charge in [0.1, 0.15) is 0 Å². The van der Waals surface area contributed by atoms with Crippen molar-refractivity contribution >= 4 is 15.8 Å². The summed E-state index contributed by atoms with van der Waals surface area (Å²) in [5.74, 6) is 0. The highest BCUT2D eigenvalue weighted by atomic mass is 32.2. The van der Waals surface area contributed by atoms with Gasteiger partial charge in [-0.05, 0) is 0 Å². The second kappa shape index (κ2) is 6.36. The van der Waals surface area contributed by atoms with Crippen LogP contribution >= 0.6 is 0 Å². The maximum atomic E-state index is 10.7. The van der Waals surface area contributed by atoms with Crippen molar-refractivity contribution in [3.05, 3.63) is 38.0 Å². The van der Waals surface area contributed by atoms with Crippen molar-refractivity contribution in [1.29, 1.82) is 0 Å². The lowest BCUT2D eigenvalue weighted by Crippen LogP contribution is -2.21. The lowest BCUT2D eigenvalue weighted by Gasteiger charge is -2.00. The molecule has 0 aliphatic rings. The smallest absolute Gasteiger partial charge is 0.310 e. The molecule has 1 aromatic rings. The number of halogens is 3. The van der Waals surface area contributed by atoms with Crippen molar-refractivity contribution < 1.29 is 26.1 Å². The second-order valence-electron chi connectivity index (χ2n) is 2.95. The first-order valence-electron chi connectivity index (χ1n) is 4.40. The molecule has 0 spiro atoms. The number of allylic oxidation sites excluding steroid dienone is 2. The predicted octanol–water partition coefficient (Wildman–Crippen LogP) is 2.32. The Labute approximate surface area is 102 Å². The molecule has 0 aromatic carbocycles. The molecule has 102 valence electrons. The van der Waals surface area contributed by atoms with Crippen LogP contribution in [0.15, 0.2) is 38.0 Å². The Balaban J connectivity index is 0.000000331. The zero-order chi connectivity index (χ0) is 14.4. The lowest BCUT2D eigenvalue weighted by atomic mass is 10.3. The zero-order valence-corrected chi connectivity index (χ0v) is 9.95. The van der Waals surface area contributed by atoms with Crippen LogP contribution in [0.1, 0.15) is 6.42 Å². The number of hydrogen-bond donors (Lipinski definition) is 1. The van der Waals surface area contributed by atoms with Gasteiger partial charge in [0, 0.05) is 24.5 Å². The van der Waals surface area contributed by atoms with E-state index in [0.29, 0.717) is 0 Å². The van der Waals surface area contributed by atoms with Crippen LogP contribution in [-0.4, -0.2) is 28.0 Å². The number of aromatic nitrogens is 2. The number of nitrogens with zero attached hydrogens (tertiary/aromatic N) is 2. The normalized spacial score (nSPS) is 11.3. The standard InChI is InChI=1S/C8H10N2.CHF3O3S/c1-3-4-8(2)10-6-5-9-7-10;2-1(3,4)8(5,6)7/h3,5-7H,1-2,4H2;(H,5,6,7). The molecule has 0 saturated heterocycles. The fourth-order valence-electron chi connectivity index (χ4n) is 0.718. The Morgan fingerprint density at radius 2 is 2.00 bits per heavy atom. The average Bonchev–Trinajstić information content (AvgIpc) is 2.68. The third kappa shape index (κ3) is 5.64. The van der Waals surface area contributed by atoms with Gasteiger partial charge in [-0.15, -0.1) is 6.58 Å². The van der Waals surface area contributed by atoms with Crippen LogP contribution in [0.4, 0.5) is 13.2 Å². The first kappa shape index (κ1) is 16.4. The van der Waals surface area contributed by atoms with Gasteiger partial charge in [0.05, 0.1) is 6.33 Å². The molecule has 0 unspecified atom stereocenters. The Morgan fingerprint density at radius 1 is 1.50 bits per heavy atom. The van der Waals surface area contributed by atoms with E-state index in [4.69, 9.17) is 13.0 Å². The first-order valence-corrected chi connectivity index (χ1v) is 5.84. The van der Waals surface area contributed by atoms with Gasteiger partial charge >= 0.3 is 15.6 Å². The van der Waals surface area contributed by atoms with Gasteiger partial charge < -0.3 is 4.57 Å². The average molecular weight is 284 g/mol. The topological polar surface area (TPSA) is 72.2 Å². The largest absolute Gasteiger partial charge is 0.522 e. The summed E-state index contributed by atoms with van der Waals surface area (Å²) >= 11 is 0. The summed E-state index contributed by atoms with van der Waals surface area (Å²) in [6.45, 7) is 7.45. The Morgan fingerprint density at radius 3 is 2.28 bits per heavy atom. The van der Waals surface area contributed by atoms with Crippen LogP contribution in [0.5, 0.6) is 0 Å². The highest BCUT2D eigenvalue weighted by Gasteiger charge is 2.44. The molecule has 1 rings (SSSR count). The Kier molecular flexibility index (Phi) is 5.79. The van der Waals surface area contributed by atoms with Gasteiger partial charge in [-0.25, -0.2) is 4.98 Å². The monoisotopic (exact) mass is 284 g/mol. The van der Waals surface area contributed by atoms with E-state index < -0.39 is 15.6 Å². The molecule has 0 fully saturated rings. The van der Waals surface area contributed by atoms with Crippen LogP contribution in [0.3, 0.4) is 0 Å². The molecule has 0 amide bonds. The van der Waals surface area contributed by atoms with Crippen LogP contribution < -0.4 is 0 Å².